The van der Waals surface area contributed by atoms with Crippen molar-refractivity contribution in [1.82, 2.24) is 0 Å². The Hall–Kier alpha value is -2.42. The van der Waals surface area contributed by atoms with Crippen LogP contribution in [0, 0.1) is 16.2 Å². The van der Waals surface area contributed by atoms with Crippen LogP contribution < -0.4 is 10.2 Å². The third kappa shape index (κ3) is 1.59. The molecule has 0 unspecified atom stereocenters. The highest BCUT2D eigenvalue weighted by Crippen LogP contribution is 2.33. The van der Waals surface area contributed by atoms with Crippen LogP contribution >= 0.6 is 0 Å². The molecule has 0 spiro atoms. The topological polar surface area (TPSA) is 85.6 Å². The lowest BCUT2D eigenvalue weighted by Gasteiger charge is -2.15. The molecule has 0 aromatic heterocycles. The number of carbonyl (C=O) groups is 1. The zero-order valence-corrected chi connectivity index (χ0v) is 8.30. The van der Waals surface area contributed by atoms with Crippen LogP contribution in [0.15, 0.2) is 23.4 Å². The minimum absolute atomic E-state index is 0.109. The van der Waals surface area contributed by atoms with Crippen LogP contribution in [-0.2, 0) is 4.79 Å². The summed E-state index contributed by atoms with van der Waals surface area (Å²) in [4.78, 5) is 22.6. The van der Waals surface area contributed by atoms with Gasteiger partial charge in [0.25, 0.3) is 0 Å². The maximum atomic E-state index is 10.9. The van der Waals surface area contributed by atoms with E-state index in [0.29, 0.717) is 17.9 Å². The van der Waals surface area contributed by atoms with E-state index in [2.05, 4.69) is 10.5 Å². The predicted molar refractivity (Wildman–Crippen MR) is 57.8 cm³/mol. The molecular formula is C10H8N4O2. The average Bonchev–Trinajstić information content (AvgIpc) is 2.72. The molecule has 1 aromatic carbocycles. The monoisotopic (exact) mass is 216 g/mol. The number of hydrogen-bond acceptors (Lipinski definition) is 5. The molecule has 1 aliphatic rings. The lowest BCUT2D eigenvalue weighted by atomic mass is 10.1. The highest BCUT2D eigenvalue weighted by atomic mass is 16.3. The van der Waals surface area contributed by atoms with Gasteiger partial charge in [-0.25, -0.2) is 0 Å². The van der Waals surface area contributed by atoms with E-state index in [9.17, 15) is 9.70 Å². The van der Waals surface area contributed by atoms with Crippen LogP contribution in [0.3, 0.4) is 0 Å². The first-order chi connectivity index (χ1) is 7.76. The highest BCUT2D eigenvalue weighted by molar-refractivity contribution is 5.87. The van der Waals surface area contributed by atoms with Gasteiger partial charge in [-0.15, -0.1) is 4.91 Å². The summed E-state index contributed by atoms with van der Waals surface area (Å²) >= 11 is 0. The molecule has 0 radical (unpaired) electrons. The van der Waals surface area contributed by atoms with Gasteiger partial charge in [0.1, 0.15) is 12.6 Å². The van der Waals surface area contributed by atoms with Crippen LogP contribution in [0.25, 0.3) is 0 Å². The number of fused-ring (bicyclic) bond motifs is 1. The van der Waals surface area contributed by atoms with E-state index in [1.54, 1.807) is 17.0 Å². The first-order valence-corrected chi connectivity index (χ1v) is 4.64. The Morgan fingerprint density at radius 2 is 2.44 bits per heavy atom. The Morgan fingerprint density at radius 1 is 1.62 bits per heavy atom. The number of anilines is 2. The van der Waals surface area contributed by atoms with Crippen molar-refractivity contribution in [2.45, 2.75) is 0 Å². The fourth-order valence-corrected chi connectivity index (χ4v) is 1.70. The molecule has 16 heavy (non-hydrogen) atoms. The van der Waals surface area contributed by atoms with Crippen molar-refractivity contribution in [2.75, 3.05) is 23.4 Å². The van der Waals surface area contributed by atoms with Crippen LogP contribution in [0.5, 0.6) is 0 Å². The number of para-hydroxylation sites is 1. The Kier molecular flexibility index (Phi) is 2.52. The standard InChI is InChI=1S/C10H8N4O2/c11-4-7-2-1-3-8-10(7)14(6-12-8)5-9(15)13-16/h1-3,12H,5-6H2. The SMILES string of the molecule is N#Cc1cccc2c1N(CC(=O)N=O)CN2. The fourth-order valence-electron chi connectivity index (χ4n) is 1.70. The molecule has 0 saturated carbocycles. The molecular weight excluding hydrogens is 208 g/mol. The second-order valence-corrected chi connectivity index (χ2v) is 3.33. The summed E-state index contributed by atoms with van der Waals surface area (Å²) in [5.41, 5.74) is 1.92. The lowest BCUT2D eigenvalue weighted by molar-refractivity contribution is -0.116. The zero-order chi connectivity index (χ0) is 11.5. The summed E-state index contributed by atoms with van der Waals surface area (Å²) in [5, 5.41) is 14.3. The van der Waals surface area contributed by atoms with Gasteiger partial charge in [0.15, 0.2) is 0 Å². The van der Waals surface area contributed by atoms with Gasteiger partial charge in [0.05, 0.1) is 23.6 Å². The number of nitrogens with one attached hydrogen (secondary N) is 1. The lowest BCUT2D eigenvalue weighted by Crippen LogP contribution is -2.28. The van der Waals surface area contributed by atoms with E-state index >= 15 is 0 Å². The first-order valence-electron chi connectivity index (χ1n) is 4.64. The summed E-state index contributed by atoms with van der Waals surface area (Å²) < 4.78 is 0. The number of nitrogens with zero attached hydrogens (tertiary/aromatic N) is 3. The van der Waals surface area contributed by atoms with Crippen molar-refractivity contribution >= 4 is 17.3 Å². The van der Waals surface area contributed by atoms with E-state index in [-0.39, 0.29) is 6.54 Å². The van der Waals surface area contributed by atoms with Crippen molar-refractivity contribution in [3.63, 3.8) is 0 Å². The highest BCUT2D eigenvalue weighted by Gasteiger charge is 2.23. The van der Waals surface area contributed by atoms with E-state index in [4.69, 9.17) is 5.26 Å². The molecule has 0 atom stereocenters. The zero-order valence-electron chi connectivity index (χ0n) is 8.30. The normalized spacial score (nSPS) is 12.6. The second-order valence-electron chi connectivity index (χ2n) is 3.33. The Balaban J connectivity index is 2.35. The largest absolute Gasteiger partial charge is 0.366 e. The molecule has 0 aliphatic carbocycles. The maximum absolute atomic E-state index is 10.9. The smallest absolute Gasteiger partial charge is 0.305 e. The summed E-state index contributed by atoms with van der Waals surface area (Å²) in [6.45, 7) is 0.289. The number of carbonyl (C=O) groups excluding carboxylic acids is 1. The molecule has 0 bridgehead atoms. The van der Waals surface area contributed by atoms with Crippen molar-refractivity contribution in [2.24, 2.45) is 5.18 Å². The Bertz CT molecular complexity index is 492. The second kappa shape index (κ2) is 3.98. The van der Waals surface area contributed by atoms with E-state index in [0.717, 1.165) is 5.69 Å². The van der Waals surface area contributed by atoms with Gasteiger partial charge in [-0.05, 0) is 12.1 Å². The number of amides is 1. The quantitative estimate of drug-likeness (QED) is 0.746. The molecule has 1 aromatic rings. The summed E-state index contributed by atoms with van der Waals surface area (Å²) in [5.74, 6) is -0.748. The number of nitriles is 1. The van der Waals surface area contributed by atoms with E-state index in [1.807, 2.05) is 12.1 Å². The van der Waals surface area contributed by atoms with Gasteiger partial charge in [-0.3, -0.25) is 4.79 Å². The van der Waals surface area contributed by atoms with Gasteiger partial charge in [-0.1, -0.05) is 6.07 Å². The molecule has 80 valence electrons. The molecule has 2 rings (SSSR count). The Labute approximate surface area is 91.4 Å². The molecule has 1 heterocycles. The number of rotatable bonds is 2. The number of nitroso groups, excluding NO2 is 1. The van der Waals surface area contributed by atoms with Gasteiger partial charge in [-0.2, -0.15) is 5.26 Å². The number of hydrogen-bond donors (Lipinski definition) is 1. The molecule has 1 N–H and O–H groups in total. The third-order valence-corrected chi connectivity index (χ3v) is 2.36. The maximum Gasteiger partial charge on any atom is 0.305 e. The van der Waals surface area contributed by atoms with Gasteiger partial charge < -0.3 is 10.2 Å². The average molecular weight is 216 g/mol. The fraction of sp³-hybridized carbons (Fsp3) is 0.200. The molecule has 6 heteroatoms. The van der Waals surface area contributed by atoms with Gasteiger partial charge in [0.2, 0.25) is 0 Å². The van der Waals surface area contributed by atoms with Crippen molar-refractivity contribution in [1.29, 1.82) is 5.26 Å². The molecule has 1 aliphatic heterocycles. The third-order valence-electron chi connectivity index (χ3n) is 2.36. The van der Waals surface area contributed by atoms with Crippen LogP contribution in [-0.4, -0.2) is 19.1 Å². The van der Waals surface area contributed by atoms with Crippen molar-refractivity contribution in [3.8, 4) is 6.07 Å². The van der Waals surface area contributed by atoms with Crippen molar-refractivity contribution in [3.05, 3.63) is 28.7 Å². The molecule has 0 saturated heterocycles. The summed E-state index contributed by atoms with van der Waals surface area (Å²) in [7, 11) is 0. The van der Waals surface area contributed by atoms with Crippen LogP contribution in [0.4, 0.5) is 11.4 Å². The first kappa shape index (κ1) is 10.1. The van der Waals surface area contributed by atoms with Crippen LogP contribution in [0.1, 0.15) is 5.56 Å². The predicted octanol–water partition coefficient (Wildman–Crippen LogP) is 1.04. The van der Waals surface area contributed by atoms with E-state index in [1.165, 1.54) is 0 Å². The molecule has 6 nitrogen and oxygen atoms in total. The van der Waals surface area contributed by atoms with Crippen molar-refractivity contribution < 1.29 is 4.79 Å². The summed E-state index contributed by atoms with van der Waals surface area (Å²) in [6, 6.07) is 7.28. The molecule has 0 fully saturated rings. The van der Waals surface area contributed by atoms with E-state index < -0.39 is 5.91 Å². The minimum atomic E-state index is -0.748. The number of benzene rings is 1. The van der Waals surface area contributed by atoms with Gasteiger partial charge >= 0.3 is 5.91 Å². The van der Waals surface area contributed by atoms with Crippen LogP contribution in [0.2, 0.25) is 0 Å². The van der Waals surface area contributed by atoms with Gasteiger partial charge in [0, 0.05) is 5.18 Å². The Morgan fingerprint density at radius 3 is 3.12 bits per heavy atom. The summed E-state index contributed by atoms with van der Waals surface area (Å²) in [6.07, 6.45) is 0. The molecule has 1 amide bonds. The minimum Gasteiger partial charge on any atom is -0.366 e.